The fraction of sp³-hybridized carbons (Fsp3) is 0.476. The number of pyridine rings is 1. The maximum atomic E-state index is 4.65. The molecular weight excluding hydrogens is 277 g/mol. The van der Waals surface area contributed by atoms with Crippen molar-refractivity contribution < 1.29 is 0 Å². The van der Waals surface area contributed by atoms with Crippen LogP contribution in [0.3, 0.4) is 0 Å². The Labute approximate surface area is 138 Å². The summed E-state index contributed by atoms with van der Waals surface area (Å²) in [5, 5.41) is 0. The molecule has 4 aliphatic carbocycles. The van der Waals surface area contributed by atoms with Gasteiger partial charge in [-0.25, -0.2) is 0 Å². The lowest BCUT2D eigenvalue weighted by atomic mass is 9.56. The van der Waals surface area contributed by atoms with Gasteiger partial charge in [0, 0.05) is 11.8 Å². The molecule has 5 atom stereocenters. The van der Waals surface area contributed by atoms with E-state index in [1.54, 1.807) is 11.1 Å². The molecule has 0 saturated heterocycles. The van der Waals surface area contributed by atoms with Crippen LogP contribution in [-0.2, 0) is 0 Å². The van der Waals surface area contributed by atoms with Crippen molar-refractivity contribution in [2.45, 2.75) is 43.9 Å². The van der Waals surface area contributed by atoms with Gasteiger partial charge in [0.15, 0.2) is 0 Å². The SMILES string of the molecule is Bc1ccc(-c2ccc3c(c2)C2CC4CC5CC3CC54C2)nc1. The molecule has 0 aliphatic heterocycles. The average Bonchev–Trinajstić information content (AvgIpc) is 2.98. The van der Waals surface area contributed by atoms with Crippen molar-refractivity contribution in [3.05, 3.63) is 47.7 Å². The van der Waals surface area contributed by atoms with Crippen LogP contribution >= 0.6 is 0 Å². The average molecular weight is 299 g/mol. The highest BCUT2D eigenvalue weighted by Crippen LogP contribution is 2.75. The molecule has 23 heavy (non-hydrogen) atoms. The molecule has 3 saturated carbocycles. The third-order valence-electron chi connectivity index (χ3n) is 7.76. The first kappa shape index (κ1) is 12.8. The smallest absolute Gasteiger partial charge is 0.141 e. The number of benzene rings is 1. The van der Waals surface area contributed by atoms with Crippen LogP contribution in [0.4, 0.5) is 0 Å². The summed E-state index contributed by atoms with van der Waals surface area (Å²) in [6, 6.07) is 11.6. The Hall–Kier alpha value is -1.57. The first-order valence-electron chi connectivity index (χ1n) is 9.30. The van der Waals surface area contributed by atoms with Crippen LogP contribution in [0.25, 0.3) is 11.3 Å². The minimum Gasteiger partial charge on any atom is -0.257 e. The second kappa shape index (κ2) is 4.09. The zero-order valence-electron chi connectivity index (χ0n) is 13.8. The fourth-order valence-electron chi connectivity index (χ4n) is 6.74. The number of hydrogen-bond acceptors (Lipinski definition) is 1. The van der Waals surface area contributed by atoms with Crippen molar-refractivity contribution in [3.8, 4) is 11.3 Å². The minimum absolute atomic E-state index is 0.761. The second-order valence-electron chi connectivity index (χ2n) is 8.70. The van der Waals surface area contributed by atoms with Gasteiger partial charge in [-0.15, -0.1) is 0 Å². The topological polar surface area (TPSA) is 12.9 Å². The van der Waals surface area contributed by atoms with Gasteiger partial charge < -0.3 is 0 Å². The van der Waals surface area contributed by atoms with Gasteiger partial charge in [0.2, 0.25) is 0 Å². The van der Waals surface area contributed by atoms with Gasteiger partial charge in [0.1, 0.15) is 7.85 Å². The van der Waals surface area contributed by atoms with Crippen molar-refractivity contribution in [2.75, 3.05) is 0 Å². The Bertz CT molecular complexity index is 811. The summed E-state index contributed by atoms with van der Waals surface area (Å²) in [7, 11) is 2.11. The summed E-state index contributed by atoms with van der Waals surface area (Å²) in [6.07, 6.45) is 9.43. The van der Waals surface area contributed by atoms with E-state index in [2.05, 4.69) is 43.2 Å². The zero-order valence-corrected chi connectivity index (χ0v) is 13.8. The maximum absolute atomic E-state index is 4.65. The predicted molar refractivity (Wildman–Crippen MR) is 95.8 cm³/mol. The Morgan fingerprint density at radius 1 is 0.913 bits per heavy atom. The van der Waals surface area contributed by atoms with Crippen LogP contribution in [0.1, 0.15) is 55.1 Å². The summed E-state index contributed by atoms with van der Waals surface area (Å²) < 4.78 is 0. The molecule has 0 N–H and O–H groups in total. The third kappa shape index (κ3) is 1.53. The molecule has 4 aliphatic rings. The van der Waals surface area contributed by atoms with Gasteiger partial charge in [-0.2, -0.15) is 0 Å². The molecule has 1 aromatic carbocycles. The lowest BCUT2D eigenvalue weighted by molar-refractivity contribution is 0.00322. The zero-order chi connectivity index (χ0) is 15.2. The van der Waals surface area contributed by atoms with Crippen LogP contribution in [0, 0.1) is 17.3 Å². The molecule has 2 aromatic rings. The molecule has 0 amide bonds. The predicted octanol–water partition coefficient (Wildman–Crippen LogP) is 3.40. The molecule has 6 rings (SSSR count). The normalized spacial score (nSPS) is 38.8. The van der Waals surface area contributed by atoms with Crippen LogP contribution in [0.15, 0.2) is 36.5 Å². The quantitative estimate of drug-likeness (QED) is 0.736. The summed E-state index contributed by atoms with van der Waals surface area (Å²) >= 11 is 0. The van der Waals surface area contributed by atoms with Gasteiger partial charge >= 0.3 is 0 Å². The van der Waals surface area contributed by atoms with E-state index in [0.717, 1.165) is 34.8 Å². The standard InChI is InChI=1S/C21H22BN/c22-17-2-4-20(23-11-17)12-1-3-18-13-5-15-8-16-6-14(19(18)7-12)10-21(15,16)9-13/h1-4,7,11,13-16H,5-6,8-10,22H2. The summed E-state index contributed by atoms with van der Waals surface area (Å²) in [4.78, 5) is 4.65. The third-order valence-corrected chi connectivity index (χ3v) is 7.76. The van der Waals surface area contributed by atoms with Crippen molar-refractivity contribution in [3.63, 3.8) is 0 Å². The molecule has 3 fully saturated rings. The van der Waals surface area contributed by atoms with E-state index in [1.165, 1.54) is 43.1 Å². The largest absolute Gasteiger partial charge is 0.257 e. The summed E-state index contributed by atoms with van der Waals surface area (Å²) in [5.74, 6) is 3.80. The number of fused-ring (bicyclic) bond motifs is 5. The van der Waals surface area contributed by atoms with Crippen LogP contribution in [-0.4, -0.2) is 12.8 Å². The van der Waals surface area contributed by atoms with E-state index >= 15 is 0 Å². The Morgan fingerprint density at radius 2 is 1.70 bits per heavy atom. The highest BCUT2D eigenvalue weighted by Gasteiger charge is 2.65. The van der Waals surface area contributed by atoms with Crippen molar-refractivity contribution in [2.24, 2.45) is 17.3 Å². The van der Waals surface area contributed by atoms with Crippen molar-refractivity contribution >= 4 is 13.3 Å². The number of nitrogens with zero attached hydrogens (tertiary/aromatic N) is 1. The van der Waals surface area contributed by atoms with Crippen molar-refractivity contribution in [1.82, 2.24) is 4.98 Å². The van der Waals surface area contributed by atoms with E-state index in [1.807, 2.05) is 6.20 Å². The molecule has 5 unspecified atom stereocenters. The van der Waals surface area contributed by atoms with E-state index in [9.17, 15) is 0 Å². The molecule has 2 heteroatoms. The van der Waals surface area contributed by atoms with E-state index in [-0.39, 0.29) is 0 Å². The lowest BCUT2D eigenvalue weighted by Crippen LogP contribution is -2.41. The first-order chi connectivity index (χ1) is 11.2. The van der Waals surface area contributed by atoms with Crippen LogP contribution in [0.5, 0.6) is 0 Å². The molecule has 0 radical (unpaired) electrons. The molecule has 1 spiro atoms. The van der Waals surface area contributed by atoms with Gasteiger partial charge in [0.05, 0.1) is 5.69 Å². The van der Waals surface area contributed by atoms with Gasteiger partial charge in [0.25, 0.3) is 0 Å². The second-order valence-corrected chi connectivity index (χ2v) is 8.70. The van der Waals surface area contributed by atoms with E-state index < -0.39 is 0 Å². The molecule has 1 heterocycles. The number of rotatable bonds is 1. The van der Waals surface area contributed by atoms with Gasteiger partial charge in [-0.3, -0.25) is 4.98 Å². The minimum atomic E-state index is 0.761. The lowest BCUT2D eigenvalue weighted by Gasteiger charge is -2.48. The van der Waals surface area contributed by atoms with E-state index in [0.29, 0.717) is 0 Å². The Morgan fingerprint density at radius 3 is 2.43 bits per heavy atom. The van der Waals surface area contributed by atoms with Crippen molar-refractivity contribution in [1.29, 1.82) is 0 Å². The highest BCUT2D eigenvalue weighted by molar-refractivity contribution is 6.32. The number of aromatic nitrogens is 1. The molecule has 3 bridgehead atoms. The maximum Gasteiger partial charge on any atom is 0.141 e. The van der Waals surface area contributed by atoms with Crippen LogP contribution in [0.2, 0.25) is 0 Å². The summed E-state index contributed by atoms with van der Waals surface area (Å²) in [5.41, 5.74) is 7.81. The summed E-state index contributed by atoms with van der Waals surface area (Å²) in [6.45, 7) is 0. The Kier molecular flexibility index (Phi) is 2.28. The molecular formula is C21H22BN. The fourth-order valence-corrected chi connectivity index (χ4v) is 6.74. The molecule has 1 aromatic heterocycles. The van der Waals surface area contributed by atoms with Crippen LogP contribution < -0.4 is 5.46 Å². The number of hydrogen-bond donors (Lipinski definition) is 0. The first-order valence-corrected chi connectivity index (χ1v) is 9.30. The van der Waals surface area contributed by atoms with Gasteiger partial charge in [-0.05, 0) is 84.5 Å². The molecule has 114 valence electrons. The van der Waals surface area contributed by atoms with E-state index in [4.69, 9.17) is 0 Å². The molecule has 1 nitrogen and oxygen atoms in total. The Balaban J connectivity index is 1.49. The highest BCUT2D eigenvalue weighted by atomic mass is 14.7. The van der Waals surface area contributed by atoms with Gasteiger partial charge in [-0.1, -0.05) is 23.7 Å². The monoisotopic (exact) mass is 299 g/mol.